The first kappa shape index (κ1) is 15.4. The van der Waals surface area contributed by atoms with Crippen molar-refractivity contribution in [1.82, 2.24) is 10.1 Å². The minimum absolute atomic E-state index is 0.156. The standard InChI is InChI=1S/C15H27N3O2/c1-4-15(5-2,19-6-3)13-17-12(20-18-13)11-14(16)9-7-8-10-14/h4-11,16H2,1-3H3. The van der Waals surface area contributed by atoms with Crippen molar-refractivity contribution in [2.24, 2.45) is 5.73 Å². The average Bonchev–Trinajstić information content (AvgIpc) is 3.06. The van der Waals surface area contributed by atoms with E-state index in [1.165, 1.54) is 12.8 Å². The quantitative estimate of drug-likeness (QED) is 0.831. The lowest BCUT2D eigenvalue weighted by atomic mass is 9.94. The van der Waals surface area contributed by atoms with Crippen LogP contribution < -0.4 is 5.73 Å². The summed E-state index contributed by atoms with van der Waals surface area (Å²) < 4.78 is 11.3. The summed E-state index contributed by atoms with van der Waals surface area (Å²) in [5, 5.41) is 4.16. The molecule has 5 heteroatoms. The van der Waals surface area contributed by atoms with Gasteiger partial charge in [-0.3, -0.25) is 0 Å². The fraction of sp³-hybridized carbons (Fsp3) is 0.867. The molecule has 1 aliphatic carbocycles. The number of aromatic nitrogens is 2. The first-order valence-electron chi connectivity index (χ1n) is 7.83. The van der Waals surface area contributed by atoms with E-state index < -0.39 is 5.60 Å². The first-order valence-corrected chi connectivity index (χ1v) is 7.83. The maximum Gasteiger partial charge on any atom is 0.228 e. The van der Waals surface area contributed by atoms with Gasteiger partial charge in [-0.1, -0.05) is 31.8 Å². The van der Waals surface area contributed by atoms with Gasteiger partial charge in [0.05, 0.1) is 0 Å². The van der Waals surface area contributed by atoms with Gasteiger partial charge in [0, 0.05) is 18.6 Å². The van der Waals surface area contributed by atoms with Crippen LogP contribution in [0, 0.1) is 0 Å². The molecule has 1 aliphatic rings. The van der Waals surface area contributed by atoms with Crippen LogP contribution in [-0.2, 0) is 16.8 Å². The highest BCUT2D eigenvalue weighted by atomic mass is 16.5. The summed E-state index contributed by atoms with van der Waals surface area (Å²) in [6.07, 6.45) is 6.84. The molecule has 0 aromatic carbocycles. The molecule has 1 saturated carbocycles. The number of hydrogen-bond acceptors (Lipinski definition) is 5. The zero-order valence-corrected chi connectivity index (χ0v) is 12.9. The van der Waals surface area contributed by atoms with Crippen molar-refractivity contribution in [2.75, 3.05) is 6.61 Å². The summed E-state index contributed by atoms with van der Waals surface area (Å²) in [4.78, 5) is 4.57. The summed E-state index contributed by atoms with van der Waals surface area (Å²) in [6, 6.07) is 0. The normalized spacial score (nSPS) is 18.6. The van der Waals surface area contributed by atoms with Crippen LogP contribution in [0.3, 0.4) is 0 Å². The second kappa shape index (κ2) is 6.22. The maximum atomic E-state index is 6.37. The fourth-order valence-corrected chi connectivity index (χ4v) is 3.18. The summed E-state index contributed by atoms with van der Waals surface area (Å²) in [5.74, 6) is 1.32. The van der Waals surface area contributed by atoms with Gasteiger partial charge >= 0.3 is 0 Å². The second-order valence-electron chi connectivity index (χ2n) is 5.89. The highest BCUT2D eigenvalue weighted by Gasteiger charge is 2.36. The summed E-state index contributed by atoms with van der Waals surface area (Å²) >= 11 is 0. The lowest BCUT2D eigenvalue weighted by Crippen LogP contribution is -2.38. The molecular weight excluding hydrogens is 254 g/mol. The second-order valence-corrected chi connectivity index (χ2v) is 5.89. The largest absolute Gasteiger partial charge is 0.367 e. The Bertz CT molecular complexity index is 421. The Morgan fingerprint density at radius 3 is 2.45 bits per heavy atom. The van der Waals surface area contributed by atoms with Crippen LogP contribution in [0.4, 0.5) is 0 Å². The molecule has 2 N–H and O–H groups in total. The van der Waals surface area contributed by atoms with Crippen molar-refractivity contribution in [3.05, 3.63) is 11.7 Å². The first-order chi connectivity index (χ1) is 9.57. The van der Waals surface area contributed by atoms with Crippen molar-refractivity contribution in [2.45, 2.75) is 76.9 Å². The van der Waals surface area contributed by atoms with Gasteiger partial charge in [0.25, 0.3) is 0 Å². The van der Waals surface area contributed by atoms with E-state index in [9.17, 15) is 0 Å². The van der Waals surface area contributed by atoms with Crippen molar-refractivity contribution >= 4 is 0 Å². The molecule has 0 bridgehead atoms. The van der Waals surface area contributed by atoms with Gasteiger partial charge in [0.15, 0.2) is 0 Å². The van der Waals surface area contributed by atoms with E-state index in [4.69, 9.17) is 15.0 Å². The average molecular weight is 281 g/mol. The van der Waals surface area contributed by atoms with Crippen molar-refractivity contribution in [3.63, 3.8) is 0 Å². The molecule has 114 valence electrons. The number of ether oxygens (including phenoxy) is 1. The van der Waals surface area contributed by atoms with Crippen LogP contribution in [0.25, 0.3) is 0 Å². The molecule has 0 spiro atoms. The molecule has 2 rings (SSSR count). The molecular formula is C15H27N3O2. The Balaban J connectivity index is 2.14. The molecule has 1 aromatic rings. The van der Waals surface area contributed by atoms with Crippen LogP contribution in [0.15, 0.2) is 4.52 Å². The predicted molar refractivity (Wildman–Crippen MR) is 77.3 cm³/mol. The number of hydrogen-bond donors (Lipinski definition) is 1. The minimum Gasteiger partial charge on any atom is -0.367 e. The predicted octanol–water partition coefficient (Wildman–Crippen LogP) is 2.94. The van der Waals surface area contributed by atoms with Crippen LogP contribution in [0.1, 0.15) is 71.0 Å². The van der Waals surface area contributed by atoms with E-state index in [0.717, 1.165) is 25.7 Å². The van der Waals surface area contributed by atoms with E-state index in [1.807, 2.05) is 6.92 Å². The van der Waals surface area contributed by atoms with Crippen molar-refractivity contribution < 1.29 is 9.26 Å². The highest BCUT2D eigenvalue weighted by Crippen LogP contribution is 2.33. The van der Waals surface area contributed by atoms with Crippen molar-refractivity contribution in [3.8, 4) is 0 Å². The van der Waals surface area contributed by atoms with E-state index in [-0.39, 0.29) is 5.54 Å². The molecule has 0 atom stereocenters. The maximum absolute atomic E-state index is 6.37. The molecule has 0 radical (unpaired) electrons. The van der Waals surface area contributed by atoms with Crippen molar-refractivity contribution in [1.29, 1.82) is 0 Å². The van der Waals surface area contributed by atoms with Gasteiger partial charge in [0.1, 0.15) is 5.60 Å². The third kappa shape index (κ3) is 3.04. The Morgan fingerprint density at radius 1 is 1.25 bits per heavy atom. The topological polar surface area (TPSA) is 74.2 Å². The number of nitrogens with zero attached hydrogens (tertiary/aromatic N) is 2. The molecule has 1 aromatic heterocycles. The third-order valence-electron chi connectivity index (χ3n) is 4.54. The highest BCUT2D eigenvalue weighted by molar-refractivity contribution is 5.04. The molecule has 0 amide bonds. The van der Waals surface area contributed by atoms with E-state index >= 15 is 0 Å². The van der Waals surface area contributed by atoms with E-state index in [1.54, 1.807) is 0 Å². The zero-order chi connectivity index (χ0) is 14.6. The van der Waals surface area contributed by atoms with Gasteiger partial charge in [0.2, 0.25) is 11.7 Å². The zero-order valence-electron chi connectivity index (χ0n) is 12.9. The number of nitrogens with two attached hydrogens (primary N) is 1. The Labute approximate surface area is 121 Å². The molecule has 0 saturated heterocycles. The number of rotatable bonds is 7. The Hall–Kier alpha value is -0.940. The summed E-state index contributed by atoms with van der Waals surface area (Å²) in [6.45, 7) is 6.83. The fourth-order valence-electron chi connectivity index (χ4n) is 3.18. The molecule has 20 heavy (non-hydrogen) atoms. The molecule has 0 unspecified atom stereocenters. The smallest absolute Gasteiger partial charge is 0.228 e. The lowest BCUT2D eigenvalue weighted by molar-refractivity contribution is -0.0583. The van der Waals surface area contributed by atoms with E-state index in [0.29, 0.717) is 24.7 Å². The minimum atomic E-state index is -0.423. The van der Waals surface area contributed by atoms with Crippen LogP contribution in [-0.4, -0.2) is 22.3 Å². The SMILES string of the molecule is CCOC(CC)(CC)c1noc(CC2(N)CCCC2)n1. The molecule has 1 heterocycles. The lowest BCUT2D eigenvalue weighted by Gasteiger charge is -2.27. The van der Waals surface area contributed by atoms with E-state index in [2.05, 4.69) is 24.0 Å². The molecule has 0 aliphatic heterocycles. The summed E-state index contributed by atoms with van der Waals surface area (Å²) in [7, 11) is 0. The Kier molecular flexibility index (Phi) is 4.81. The van der Waals surface area contributed by atoms with Gasteiger partial charge in [-0.25, -0.2) is 0 Å². The molecule has 1 fully saturated rings. The van der Waals surface area contributed by atoms with Crippen LogP contribution in [0.2, 0.25) is 0 Å². The monoisotopic (exact) mass is 281 g/mol. The van der Waals surface area contributed by atoms with Gasteiger partial charge < -0.3 is 15.0 Å². The summed E-state index contributed by atoms with van der Waals surface area (Å²) in [5.41, 5.74) is 5.80. The Morgan fingerprint density at radius 2 is 1.90 bits per heavy atom. The van der Waals surface area contributed by atoms with Gasteiger partial charge in [-0.05, 0) is 32.6 Å². The molecule has 5 nitrogen and oxygen atoms in total. The van der Waals surface area contributed by atoms with Crippen LogP contribution in [0.5, 0.6) is 0 Å². The van der Waals surface area contributed by atoms with Crippen LogP contribution >= 0.6 is 0 Å². The van der Waals surface area contributed by atoms with Gasteiger partial charge in [-0.2, -0.15) is 4.98 Å². The third-order valence-corrected chi connectivity index (χ3v) is 4.54. The van der Waals surface area contributed by atoms with Gasteiger partial charge in [-0.15, -0.1) is 0 Å².